The number of aliphatic hydroxyl groups excluding tert-OH is 1. The first-order chi connectivity index (χ1) is 64.2. The number of nitrogens with zero attached hydrogens (tertiary/aromatic N) is 7. The molecule has 0 atom stereocenters. The average molecular weight is 2470 g/mol. The number of allylic oxidation sites excluding steroid dienone is 2. The number of carbonyl (C=O) groups excluding carboxylic acids is 1. The van der Waals surface area contributed by atoms with Gasteiger partial charge in [-0.25, -0.2) is 0 Å². The number of ketones is 1. The zero-order valence-corrected chi connectivity index (χ0v) is 85.4. The normalized spacial score (nSPS) is 10.2. The average Bonchev–Trinajstić information content (AvgIpc) is 1.62. The summed E-state index contributed by atoms with van der Waals surface area (Å²) in [5.41, 5.74) is 28.6. The molecule has 0 amide bonds. The first-order valence-electron chi connectivity index (χ1n) is 43.6. The predicted octanol–water partition coefficient (Wildman–Crippen LogP) is 30.4. The maximum Gasteiger partial charge on any atom is 0.159 e. The quantitative estimate of drug-likeness (QED) is 0.0565. The zero-order chi connectivity index (χ0) is 91.0. The molecule has 0 saturated carbocycles. The molecular weight excluding hydrogens is 2370 g/mol. The summed E-state index contributed by atoms with van der Waals surface area (Å²) in [5, 5.41) is 11.6. The molecule has 135 heavy (non-hydrogen) atoms. The molecule has 0 fully saturated rings. The number of hydrogen-bond acceptors (Lipinski definition) is 10. The summed E-state index contributed by atoms with van der Waals surface area (Å²) in [6.07, 6.45) is 15.4. The Morgan fingerprint density at radius 1 is 0.289 bits per heavy atom. The minimum atomic E-state index is 0. The predicted molar refractivity (Wildman–Crippen MR) is 537 cm³/mol. The Bertz CT molecular complexity index is 6490. The van der Waals surface area contributed by atoms with Crippen molar-refractivity contribution in [2.45, 2.75) is 61.3 Å². The van der Waals surface area contributed by atoms with Crippen LogP contribution in [-0.2, 0) is 85.2 Å². The molecule has 20 rings (SSSR count). The molecule has 0 saturated heterocycles. The van der Waals surface area contributed by atoms with Gasteiger partial charge >= 0.3 is 0 Å². The van der Waals surface area contributed by atoms with Crippen LogP contribution in [0.15, 0.2) is 448 Å². The van der Waals surface area contributed by atoms with Crippen LogP contribution in [-0.4, -0.2) is 45.8 Å². The van der Waals surface area contributed by atoms with E-state index in [0.717, 1.165) is 112 Å². The number of hydrogen-bond donors (Lipinski definition) is 1. The Kier molecular flexibility index (Phi) is 43.8. The smallest absolute Gasteiger partial charge is 0.159 e. The van der Waals surface area contributed by atoms with Crippen molar-refractivity contribution in [2.75, 3.05) is 0 Å². The van der Waals surface area contributed by atoms with Crippen LogP contribution in [0.1, 0.15) is 57.2 Å². The van der Waals surface area contributed by atoms with Gasteiger partial charge in [-0.15, -0.1) is 234 Å². The molecule has 1 N–H and O–H groups in total. The van der Waals surface area contributed by atoms with Crippen LogP contribution in [0.25, 0.3) is 145 Å². The van der Waals surface area contributed by atoms with E-state index in [1.54, 1.807) is 12.4 Å². The fourth-order valence-electron chi connectivity index (χ4n) is 13.7. The minimum Gasteiger partial charge on any atom is -0.512 e. The first-order valence-corrected chi connectivity index (χ1v) is 43.6. The Morgan fingerprint density at radius 3 is 1.01 bits per heavy atom. The minimum absolute atomic E-state index is 0. The van der Waals surface area contributed by atoms with E-state index in [0.29, 0.717) is 24.7 Å². The monoisotopic (exact) mass is 2470 g/mol. The Labute approximate surface area is 848 Å². The third-order valence-electron chi connectivity index (χ3n) is 20.3. The summed E-state index contributed by atoms with van der Waals surface area (Å²) in [6, 6.07) is 152. The number of aliphatic hydroxyl groups is 1. The molecule has 8 heterocycles. The molecule has 8 aromatic heterocycles. The number of carbonyl (C=O) groups is 1. The van der Waals surface area contributed by atoms with Crippen LogP contribution < -0.4 is 0 Å². The number of fused-ring (bicyclic) bond motifs is 3. The van der Waals surface area contributed by atoms with Crippen molar-refractivity contribution >= 4 is 27.7 Å². The van der Waals surface area contributed by atoms with Gasteiger partial charge in [0.05, 0.1) is 11.3 Å². The van der Waals surface area contributed by atoms with E-state index in [4.69, 9.17) is 4.42 Å². The first kappa shape index (κ1) is 105. The summed E-state index contributed by atoms with van der Waals surface area (Å²) >= 11 is 0. The third-order valence-corrected chi connectivity index (χ3v) is 20.3. The summed E-state index contributed by atoms with van der Waals surface area (Å²) in [5.74, 6) is 0.979. The standard InChI is InChI=1S/C23H14NO.2C18H14N.C17H12N.C12H10N.2C11H8N.C11H20O2.4Ir/c1-2-7-16(8-3-1)17-13-14-24-21(15-17)20-11-6-10-19-18-9-4-5-12-22(18)25-23(19)20;2*1-14-7-9-15(10-8-14)17-11-12-19-18(13-17)16-5-3-2-4-6-16;1-3-7-14(8-4-1)16-11-12-17(18-13-16)15-9-5-2-6-10-15;1-10-7-8-12(13-9-10)11-5-3-2-4-6-11;2*1-2-6-10(7-3-1)11-8-4-5-9-12-11;1-8(2)5-10(12)7-11(13)6-9(3)4;;;;/h1-10,12-15H;2*2-5,7-13H,1H3;1-9,11-13H;2-5,7-9H,1H3;2*1-6,8-9H;7-9,12H,5-6H2,1-4H3;;;;/q7*-1;;;;;. The largest absolute Gasteiger partial charge is 0.512 e. The van der Waals surface area contributed by atoms with Gasteiger partial charge in [0.2, 0.25) is 0 Å². The molecule has 0 spiro atoms. The van der Waals surface area contributed by atoms with Gasteiger partial charge in [0.25, 0.3) is 0 Å². The van der Waals surface area contributed by atoms with Crippen LogP contribution in [0, 0.1) is 75.1 Å². The number of aromatic nitrogens is 7. The molecule has 0 aliphatic heterocycles. The van der Waals surface area contributed by atoms with E-state index in [-0.39, 0.29) is 92.0 Å². The Morgan fingerprint density at radius 2 is 0.630 bits per heavy atom. The van der Waals surface area contributed by atoms with E-state index >= 15 is 0 Å². The fourth-order valence-corrected chi connectivity index (χ4v) is 13.7. The van der Waals surface area contributed by atoms with Crippen LogP contribution in [0.3, 0.4) is 0 Å². The van der Waals surface area contributed by atoms with Crippen molar-refractivity contribution in [3.8, 4) is 123 Å². The molecule has 0 aliphatic rings. The zero-order valence-electron chi connectivity index (χ0n) is 75.9. The van der Waals surface area contributed by atoms with Gasteiger partial charge in [-0.05, 0) is 159 Å². The van der Waals surface area contributed by atoms with Crippen LogP contribution in [0.5, 0.6) is 0 Å². The van der Waals surface area contributed by atoms with E-state index in [9.17, 15) is 9.90 Å². The van der Waals surface area contributed by atoms with Gasteiger partial charge in [-0.3, -0.25) is 4.79 Å². The van der Waals surface area contributed by atoms with E-state index in [1.807, 2.05) is 345 Å². The van der Waals surface area contributed by atoms with Crippen molar-refractivity contribution in [2.24, 2.45) is 11.8 Å². The van der Waals surface area contributed by atoms with E-state index in [1.165, 1.54) is 56.1 Å². The molecule has 10 nitrogen and oxygen atoms in total. The van der Waals surface area contributed by atoms with Gasteiger partial charge in [0, 0.05) is 148 Å². The molecular formula is C121H100Ir4N7O3-7. The van der Waals surface area contributed by atoms with Gasteiger partial charge in [-0.1, -0.05) is 244 Å². The van der Waals surface area contributed by atoms with Crippen molar-refractivity contribution in [1.82, 2.24) is 34.9 Å². The van der Waals surface area contributed by atoms with Crippen molar-refractivity contribution in [3.05, 3.63) is 503 Å². The Hall–Kier alpha value is -13.7. The van der Waals surface area contributed by atoms with Crippen LogP contribution in [0.2, 0.25) is 0 Å². The van der Waals surface area contributed by atoms with Crippen molar-refractivity contribution in [1.29, 1.82) is 0 Å². The second kappa shape index (κ2) is 56.4. The molecule has 0 aliphatic carbocycles. The maximum absolute atomic E-state index is 11.2. The summed E-state index contributed by atoms with van der Waals surface area (Å²) in [6.45, 7) is 14.2. The van der Waals surface area contributed by atoms with Crippen molar-refractivity contribution < 1.29 is 94.7 Å². The summed E-state index contributed by atoms with van der Waals surface area (Å²) < 4.78 is 6.11. The van der Waals surface area contributed by atoms with Gasteiger partial charge < -0.3 is 44.4 Å². The fraction of sp³-hybridized carbons (Fsp3) is 0.0909. The second-order valence-corrected chi connectivity index (χ2v) is 31.5. The van der Waals surface area contributed by atoms with Gasteiger partial charge in [-0.2, -0.15) is 0 Å². The Balaban J connectivity index is 0.000000175. The van der Waals surface area contributed by atoms with Crippen molar-refractivity contribution in [3.63, 3.8) is 0 Å². The summed E-state index contributed by atoms with van der Waals surface area (Å²) in [4.78, 5) is 41.9. The SMILES string of the molecule is CC(C)CC(=O)C=C(O)CC(C)C.Cc1ccc(-c2[c-]cccc2)nc1.Cc1ccc(-c2ccnc(-c3[c-]cccc3)c2)cc1.Cc1ccc(-c2ccnc(-c3[c-]cccc3)c2)cc1.[Ir].[Ir].[Ir].[Ir].[c-]1ccc2c(oc3ccccc32)c1-c1cc(-c2ccccc2)ccn1.[c-]1ccccc1-c1ccc(-c2ccccc2)cn1.[c-]1ccccc1-c1ccccn1.[c-]1ccccc1-c1ccccn1. The number of furan rings is 1. The second-order valence-electron chi connectivity index (χ2n) is 31.5. The van der Waals surface area contributed by atoms with Crippen LogP contribution >= 0.6 is 0 Å². The number of aryl methyl sites for hydroxylation is 3. The van der Waals surface area contributed by atoms with Gasteiger partial charge in [0.15, 0.2) is 5.78 Å². The molecule has 20 aromatic rings. The van der Waals surface area contributed by atoms with Crippen LogP contribution in [0.4, 0.5) is 0 Å². The maximum atomic E-state index is 11.2. The number of benzene rings is 12. The molecule has 12 aromatic carbocycles. The number of para-hydroxylation sites is 1. The molecule has 14 heteroatoms. The molecule has 0 unspecified atom stereocenters. The number of pyridine rings is 7. The molecule has 4 radical (unpaired) electrons. The van der Waals surface area contributed by atoms with Gasteiger partial charge in [0.1, 0.15) is 5.58 Å². The van der Waals surface area contributed by atoms with E-state index in [2.05, 4.69) is 200 Å². The third kappa shape index (κ3) is 33.2. The number of rotatable bonds is 16. The van der Waals surface area contributed by atoms with E-state index < -0.39 is 0 Å². The topological polar surface area (TPSA) is 141 Å². The molecule has 680 valence electrons. The molecule has 0 bridgehead atoms. The summed E-state index contributed by atoms with van der Waals surface area (Å²) in [7, 11) is 0.